The van der Waals surface area contributed by atoms with E-state index in [2.05, 4.69) is 29.4 Å². The monoisotopic (exact) mass is 499 g/mol. The Bertz CT molecular complexity index is 1440. The first-order chi connectivity index (χ1) is 17.4. The van der Waals surface area contributed by atoms with Gasteiger partial charge in [-0.3, -0.25) is 4.79 Å². The second-order valence-electron chi connectivity index (χ2n) is 9.38. The molecule has 0 unspecified atom stereocenters. The van der Waals surface area contributed by atoms with Crippen LogP contribution in [0.3, 0.4) is 0 Å². The van der Waals surface area contributed by atoms with Crippen molar-refractivity contribution in [3.63, 3.8) is 0 Å². The second-order valence-corrected chi connectivity index (χ2v) is 11.4. The standard InChI is InChI=1S/C29H29N3O3S/c1-36(34,35)26-14-12-25(13-15-26)32-28(24-10-6-3-7-11-24)21-27(30-32)29(33)31-18-16-23(17-19-31)20-22-8-4-2-5-9-22/h2-15,21,23H,16-20H2,1H3. The second kappa shape index (κ2) is 10.1. The zero-order valence-corrected chi connectivity index (χ0v) is 21.1. The average Bonchev–Trinajstić information content (AvgIpc) is 3.35. The van der Waals surface area contributed by atoms with E-state index in [1.54, 1.807) is 28.9 Å². The maximum Gasteiger partial charge on any atom is 0.274 e. The molecule has 7 heteroatoms. The molecule has 0 N–H and O–H groups in total. The summed E-state index contributed by atoms with van der Waals surface area (Å²) in [5, 5.41) is 4.69. The smallest absolute Gasteiger partial charge is 0.274 e. The van der Waals surface area contributed by atoms with Crippen molar-refractivity contribution in [2.45, 2.75) is 24.2 Å². The Labute approximate surface area is 212 Å². The van der Waals surface area contributed by atoms with Gasteiger partial charge in [0.15, 0.2) is 15.5 Å². The SMILES string of the molecule is CS(=O)(=O)c1ccc(-n2nc(C(=O)N3CCC(Cc4ccccc4)CC3)cc2-c2ccccc2)cc1. The fourth-order valence-corrected chi connectivity index (χ4v) is 5.41. The third-order valence-electron chi connectivity index (χ3n) is 6.78. The van der Waals surface area contributed by atoms with Crippen molar-refractivity contribution in [1.29, 1.82) is 0 Å². The first-order valence-electron chi connectivity index (χ1n) is 12.2. The van der Waals surface area contributed by atoms with Crippen LogP contribution < -0.4 is 0 Å². The number of rotatable bonds is 6. The zero-order chi connectivity index (χ0) is 25.1. The highest BCUT2D eigenvalue weighted by Crippen LogP contribution is 2.27. The molecule has 1 aromatic heterocycles. The molecule has 0 aliphatic carbocycles. The predicted molar refractivity (Wildman–Crippen MR) is 141 cm³/mol. The Morgan fingerprint density at radius 3 is 2.11 bits per heavy atom. The molecular weight excluding hydrogens is 470 g/mol. The lowest BCUT2D eigenvalue weighted by molar-refractivity contribution is 0.0684. The van der Waals surface area contributed by atoms with Gasteiger partial charge < -0.3 is 4.90 Å². The first kappa shape index (κ1) is 24.0. The minimum absolute atomic E-state index is 0.0724. The van der Waals surface area contributed by atoms with E-state index in [0.29, 0.717) is 30.4 Å². The van der Waals surface area contributed by atoms with Crippen LogP contribution in [0.4, 0.5) is 0 Å². The molecule has 3 aromatic carbocycles. The highest BCUT2D eigenvalue weighted by atomic mass is 32.2. The molecule has 4 aromatic rings. The first-order valence-corrected chi connectivity index (χ1v) is 14.1. The molecule has 0 spiro atoms. The summed E-state index contributed by atoms with van der Waals surface area (Å²) in [5.74, 6) is 0.499. The minimum Gasteiger partial charge on any atom is -0.337 e. The maximum absolute atomic E-state index is 13.4. The fourth-order valence-electron chi connectivity index (χ4n) is 4.78. The number of hydrogen-bond acceptors (Lipinski definition) is 4. The predicted octanol–water partition coefficient (Wildman–Crippen LogP) is 5.04. The molecule has 0 radical (unpaired) electrons. The summed E-state index contributed by atoms with van der Waals surface area (Å²) in [6.45, 7) is 1.43. The molecule has 36 heavy (non-hydrogen) atoms. The van der Waals surface area contributed by atoms with Crippen LogP contribution in [-0.4, -0.2) is 48.4 Å². The third kappa shape index (κ3) is 5.26. The van der Waals surface area contributed by atoms with Crippen molar-refractivity contribution in [2.24, 2.45) is 5.92 Å². The normalized spacial score (nSPS) is 14.6. The number of benzene rings is 3. The lowest BCUT2D eigenvalue weighted by atomic mass is 9.90. The average molecular weight is 500 g/mol. The van der Waals surface area contributed by atoms with Crippen LogP contribution in [0.25, 0.3) is 16.9 Å². The fraction of sp³-hybridized carbons (Fsp3) is 0.241. The van der Waals surface area contributed by atoms with Gasteiger partial charge in [0, 0.05) is 24.9 Å². The number of carbonyl (C=O) groups excluding carboxylic acids is 1. The maximum atomic E-state index is 13.4. The number of amides is 1. The van der Waals surface area contributed by atoms with Crippen molar-refractivity contribution >= 4 is 15.7 Å². The number of likely N-dealkylation sites (tertiary alicyclic amines) is 1. The molecule has 1 aliphatic heterocycles. The highest BCUT2D eigenvalue weighted by molar-refractivity contribution is 7.90. The van der Waals surface area contributed by atoms with Gasteiger partial charge >= 0.3 is 0 Å². The number of nitrogens with zero attached hydrogens (tertiary/aromatic N) is 3. The Morgan fingerprint density at radius 1 is 0.889 bits per heavy atom. The summed E-state index contributed by atoms with van der Waals surface area (Å²) in [5.41, 5.74) is 4.14. The summed E-state index contributed by atoms with van der Waals surface area (Å²) >= 11 is 0. The van der Waals surface area contributed by atoms with E-state index in [1.807, 2.05) is 47.4 Å². The molecule has 2 heterocycles. The summed E-state index contributed by atoms with van der Waals surface area (Å²) in [6, 6.07) is 28.7. The van der Waals surface area contributed by atoms with Crippen molar-refractivity contribution in [2.75, 3.05) is 19.3 Å². The van der Waals surface area contributed by atoms with Crippen molar-refractivity contribution in [3.05, 3.63) is 102 Å². The summed E-state index contributed by atoms with van der Waals surface area (Å²) in [4.78, 5) is 15.6. The number of aromatic nitrogens is 2. The van der Waals surface area contributed by atoms with Gasteiger partial charge in [-0.2, -0.15) is 5.10 Å². The summed E-state index contributed by atoms with van der Waals surface area (Å²) < 4.78 is 25.5. The third-order valence-corrected chi connectivity index (χ3v) is 7.90. The molecule has 184 valence electrons. The van der Waals surface area contributed by atoms with Gasteiger partial charge in [0.1, 0.15) is 0 Å². The quantitative estimate of drug-likeness (QED) is 0.373. The van der Waals surface area contributed by atoms with Crippen LogP contribution in [0.5, 0.6) is 0 Å². The molecule has 6 nitrogen and oxygen atoms in total. The molecule has 0 atom stereocenters. The van der Waals surface area contributed by atoms with E-state index in [-0.39, 0.29) is 10.8 Å². The Morgan fingerprint density at radius 2 is 1.50 bits per heavy atom. The van der Waals surface area contributed by atoms with Crippen molar-refractivity contribution < 1.29 is 13.2 Å². The summed E-state index contributed by atoms with van der Waals surface area (Å²) in [6.07, 6.45) is 4.17. The van der Waals surface area contributed by atoms with E-state index in [9.17, 15) is 13.2 Å². The lowest BCUT2D eigenvalue weighted by Crippen LogP contribution is -2.39. The van der Waals surface area contributed by atoms with Gasteiger partial charge in [0.05, 0.1) is 16.3 Å². The lowest BCUT2D eigenvalue weighted by Gasteiger charge is -2.31. The van der Waals surface area contributed by atoms with Gasteiger partial charge in [0.25, 0.3) is 5.91 Å². The summed E-state index contributed by atoms with van der Waals surface area (Å²) in [7, 11) is -3.30. The van der Waals surface area contributed by atoms with Gasteiger partial charge in [-0.25, -0.2) is 13.1 Å². The van der Waals surface area contributed by atoms with Crippen LogP contribution >= 0.6 is 0 Å². The van der Waals surface area contributed by atoms with Gasteiger partial charge in [-0.15, -0.1) is 0 Å². The van der Waals surface area contributed by atoms with E-state index in [0.717, 1.165) is 30.5 Å². The van der Waals surface area contributed by atoms with Gasteiger partial charge in [-0.05, 0) is 61.1 Å². The highest BCUT2D eigenvalue weighted by Gasteiger charge is 2.26. The number of hydrogen-bond donors (Lipinski definition) is 0. The molecule has 1 amide bonds. The van der Waals surface area contributed by atoms with E-state index in [1.165, 1.54) is 11.8 Å². The number of sulfone groups is 1. The Kier molecular flexibility index (Phi) is 6.74. The van der Waals surface area contributed by atoms with Crippen LogP contribution in [0.15, 0.2) is 95.9 Å². The van der Waals surface area contributed by atoms with Crippen LogP contribution in [0, 0.1) is 5.92 Å². The molecular formula is C29H29N3O3S. The van der Waals surface area contributed by atoms with E-state index in [4.69, 9.17) is 0 Å². The Balaban J connectivity index is 1.38. The number of carbonyl (C=O) groups is 1. The molecule has 0 saturated carbocycles. The largest absolute Gasteiger partial charge is 0.337 e. The van der Waals surface area contributed by atoms with Crippen LogP contribution in [0.2, 0.25) is 0 Å². The topological polar surface area (TPSA) is 72.3 Å². The van der Waals surface area contributed by atoms with E-state index >= 15 is 0 Å². The van der Waals surface area contributed by atoms with Gasteiger partial charge in [0.2, 0.25) is 0 Å². The zero-order valence-electron chi connectivity index (χ0n) is 20.2. The van der Waals surface area contributed by atoms with Crippen LogP contribution in [-0.2, 0) is 16.3 Å². The molecule has 5 rings (SSSR count). The number of piperidine rings is 1. The minimum atomic E-state index is -3.30. The molecule has 0 bridgehead atoms. The molecule has 1 fully saturated rings. The van der Waals surface area contributed by atoms with Crippen molar-refractivity contribution in [3.8, 4) is 16.9 Å². The van der Waals surface area contributed by atoms with Gasteiger partial charge in [-0.1, -0.05) is 60.7 Å². The Hall–Kier alpha value is -3.71. The molecule has 1 saturated heterocycles. The molecule has 1 aliphatic rings. The van der Waals surface area contributed by atoms with E-state index < -0.39 is 9.84 Å². The van der Waals surface area contributed by atoms with Crippen molar-refractivity contribution in [1.82, 2.24) is 14.7 Å². The van der Waals surface area contributed by atoms with Crippen LogP contribution in [0.1, 0.15) is 28.9 Å².